The topological polar surface area (TPSA) is 35.2 Å². The van der Waals surface area contributed by atoms with Crippen molar-refractivity contribution < 1.29 is 17.9 Å². The summed E-state index contributed by atoms with van der Waals surface area (Å²) in [5.41, 5.74) is 6.72. The maximum Gasteiger partial charge on any atom is 0.390 e. The van der Waals surface area contributed by atoms with Crippen LogP contribution in [0.25, 0.3) is 0 Å². The largest absolute Gasteiger partial charge is 0.497 e. The van der Waals surface area contributed by atoms with Crippen molar-refractivity contribution >= 4 is 0 Å². The molecule has 0 heterocycles. The van der Waals surface area contributed by atoms with E-state index < -0.39 is 18.6 Å². The zero-order chi connectivity index (χ0) is 12.3. The van der Waals surface area contributed by atoms with Crippen LogP contribution in [0, 0.1) is 6.92 Å². The maximum absolute atomic E-state index is 12.2. The van der Waals surface area contributed by atoms with E-state index >= 15 is 0 Å². The third kappa shape index (κ3) is 3.41. The molecule has 2 N–H and O–H groups in total. The molecule has 0 unspecified atom stereocenters. The lowest BCUT2D eigenvalue weighted by Gasteiger charge is -2.17. The Labute approximate surface area is 92.2 Å². The number of ether oxygens (including phenoxy) is 1. The van der Waals surface area contributed by atoms with Gasteiger partial charge in [0, 0.05) is 6.04 Å². The summed E-state index contributed by atoms with van der Waals surface area (Å²) in [5, 5.41) is 0. The Bertz CT molecular complexity index is 363. The van der Waals surface area contributed by atoms with Crippen molar-refractivity contribution in [2.45, 2.75) is 25.6 Å². The first-order valence-corrected chi connectivity index (χ1v) is 4.80. The number of hydrogen-bond acceptors (Lipinski definition) is 2. The Morgan fingerprint density at radius 2 is 2.00 bits per heavy atom. The van der Waals surface area contributed by atoms with E-state index in [0.717, 1.165) is 0 Å². The maximum atomic E-state index is 12.2. The molecule has 0 aliphatic rings. The molecule has 0 aliphatic heterocycles. The molecule has 0 fully saturated rings. The van der Waals surface area contributed by atoms with Crippen LogP contribution in [0.15, 0.2) is 18.2 Å². The monoisotopic (exact) mass is 233 g/mol. The molecule has 0 bridgehead atoms. The van der Waals surface area contributed by atoms with Gasteiger partial charge in [-0.3, -0.25) is 0 Å². The Hall–Kier alpha value is -1.23. The van der Waals surface area contributed by atoms with E-state index in [1.54, 1.807) is 25.1 Å². The molecule has 0 saturated carbocycles. The second-order valence-corrected chi connectivity index (χ2v) is 3.65. The predicted octanol–water partition coefficient (Wildman–Crippen LogP) is 2.96. The van der Waals surface area contributed by atoms with Crippen molar-refractivity contribution in [3.8, 4) is 5.75 Å². The lowest BCUT2D eigenvalue weighted by atomic mass is 9.99. The van der Waals surface area contributed by atoms with E-state index in [1.807, 2.05) is 0 Å². The van der Waals surface area contributed by atoms with E-state index in [4.69, 9.17) is 10.5 Å². The minimum atomic E-state index is -4.24. The summed E-state index contributed by atoms with van der Waals surface area (Å²) in [5.74, 6) is 0.612. The molecule has 0 saturated heterocycles. The molecule has 1 atom stereocenters. The first-order chi connectivity index (χ1) is 7.33. The van der Waals surface area contributed by atoms with E-state index in [2.05, 4.69) is 0 Å². The lowest BCUT2D eigenvalue weighted by molar-refractivity contribution is -0.138. The molecule has 0 aliphatic carbocycles. The molecule has 1 aromatic carbocycles. The molecule has 0 radical (unpaired) electrons. The van der Waals surface area contributed by atoms with Crippen LogP contribution in [0.4, 0.5) is 13.2 Å². The molecule has 0 amide bonds. The molecule has 90 valence electrons. The quantitative estimate of drug-likeness (QED) is 0.871. The van der Waals surface area contributed by atoms with Crippen molar-refractivity contribution in [2.24, 2.45) is 5.73 Å². The van der Waals surface area contributed by atoms with Crippen molar-refractivity contribution in [1.29, 1.82) is 0 Å². The number of hydrogen-bond donors (Lipinski definition) is 1. The minimum Gasteiger partial charge on any atom is -0.497 e. The number of aryl methyl sites for hydroxylation is 1. The van der Waals surface area contributed by atoms with Crippen molar-refractivity contribution in [1.82, 2.24) is 0 Å². The van der Waals surface area contributed by atoms with Crippen LogP contribution in [0.1, 0.15) is 23.6 Å². The lowest BCUT2D eigenvalue weighted by Crippen LogP contribution is -2.20. The van der Waals surface area contributed by atoms with E-state index in [0.29, 0.717) is 16.9 Å². The van der Waals surface area contributed by atoms with Crippen molar-refractivity contribution in [3.05, 3.63) is 29.3 Å². The van der Waals surface area contributed by atoms with Gasteiger partial charge in [0.2, 0.25) is 0 Å². The highest BCUT2D eigenvalue weighted by Crippen LogP contribution is 2.30. The van der Waals surface area contributed by atoms with Crippen molar-refractivity contribution in [2.75, 3.05) is 7.11 Å². The Kier molecular flexibility index (Phi) is 3.80. The summed E-state index contributed by atoms with van der Waals surface area (Å²) >= 11 is 0. The van der Waals surface area contributed by atoms with Gasteiger partial charge in [-0.15, -0.1) is 0 Å². The summed E-state index contributed by atoms with van der Waals surface area (Å²) in [4.78, 5) is 0. The van der Waals surface area contributed by atoms with Gasteiger partial charge in [-0.25, -0.2) is 0 Å². The number of nitrogens with two attached hydrogens (primary N) is 1. The van der Waals surface area contributed by atoms with Crippen LogP contribution >= 0.6 is 0 Å². The highest BCUT2D eigenvalue weighted by atomic mass is 19.4. The zero-order valence-electron chi connectivity index (χ0n) is 9.14. The molecule has 2 nitrogen and oxygen atoms in total. The number of alkyl halides is 3. The standard InChI is InChI=1S/C11H14F3NO/c1-7-5-8(16-2)3-4-9(7)10(15)6-11(12,13)14/h3-5,10H,6,15H2,1-2H3/t10-/m0/s1. The molecule has 0 aromatic heterocycles. The molecule has 1 aromatic rings. The molecular weight excluding hydrogens is 219 g/mol. The second kappa shape index (κ2) is 4.74. The molecule has 16 heavy (non-hydrogen) atoms. The van der Waals surface area contributed by atoms with Crippen LogP contribution < -0.4 is 10.5 Å². The Morgan fingerprint density at radius 3 is 2.44 bits per heavy atom. The second-order valence-electron chi connectivity index (χ2n) is 3.65. The van der Waals surface area contributed by atoms with Crippen LogP contribution in [-0.4, -0.2) is 13.3 Å². The fourth-order valence-electron chi connectivity index (χ4n) is 1.55. The van der Waals surface area contributed by atoms with Crippen LogP contribution in [0.5, 0.6) is 5.75 Å². The fraction of sp³-hybridized carbons (Fsp3) is 0.455. The minimum absolute atomic E-state index is 0.498. The molecule has 5 heteroatoms. The normalized spacial score (nSPS) is 13.6. The molecule has 0 spiro atoms. The average Bonchev–Trinajstić information content (AvgIpc) is 2.14. The van der Waals surface area contributed by atoms with Gasteiger partial charge in [-0.05, 0) is 30.2 Å². The average molecular weight is 233 g/mol. The number of rotatable bonds is 3. The predicted molar refractivity (Wildman–Crippen MR) is 55.3 cm³/mol. The van der Waals surface area contributed by atoms with Gasteiger partial charge in [0.1, 0.15) is 5.75 Å². The summed E-state index contributed by atoms with van der Waals surface area (Å²) in [6.07, 6.45) is -5.26. The fourth-order valence-corrected chi connectivity index (χ4v) is 1.55. The highest BCUT2D eigenvalue weighted by Gasteiger charge is 2.31. The summed E-state index contributed by atoms with van der Waals surface area (Å²) in [6.45, 7) is 1.72. The van der Waals surface area contributed by atoms with Gasteiger partial charge in [-0.2, -0.15) is 13.2 Å². The van der Waals surface area contributed by atoms with Crippen LogP contribution in [0.2, 0.25) is 0 Å². The van der Waals surface area contributed by atoms with Gasteiger partial charge >= 0.3 is 6.18 Å². The smallest absolute Gasteiger partial charge is 0.390 e. The van der Waals surface area contributed by atoms with Gasteiger partial charge in [-0.1, -0.05) is 6.07 Å². The Morgan fingerprint density at radius 1 is 1.38 bits per heavy atom. The summed E-state index contributed by atoms with van der Waals surface area (Å²) in [6, 6.07) is 3.83. The Balaban J connectivity index is 2.88. The summed E-state index contributed by atoms with van der Waals surface area (Å²) < 4.78 is 41.5. The van der Waals surface area contributed by atoms with Crippen LogP contribution in [0.3, 0.4) is 0 Å². The SMILES string of the molecule is COc1ccc([C@@H](N)CC(F)(F)F)c(C)c1. The third-order valence-electron chi connectivity index (χ3n) is 2.33. The number of benzene rings is 1. The summed E-state index contributed by atoms with van der Waals surface area (Å²) in [7, 11) is 1.50. The first-order valence-electron chi connectivity index (χ1n) is 4.80. The number of methoxy groups -OCH3 is 1. The van der Waals surface area contributed by atoms with E-state index in [1.165, 1.54) is 7.11 Å². The number of halogens is 3. The van der Waals surface area contributed by atoms with Gasteiger partial charge in [0.15, 0.2) is 0 Å². The molecule has 1 rings (SSSR count). The van der Waals surface area contributed by atoms with E-state index in [9.17, 15) is 13.2 Å². The third-order valence-corrected chi connectivity index (χ3v) is 2.33. The van der Waals surface area contributed by atoms with Gasteiger partial charge in [0.25, 0.3) is 0 Å². The van der Waals surface area contributed by atoms with Gasteiger partial charge in [0.05, 0.1) is 13.5 Å². The van der Waals surface area contributed by atoms with Crippen molar-refractivity contribution in [3.63, 3.8) is 0 Å². The first kappa shape index (κ1) is 12.8. The van der Waals surface area contributed by atoms with Crippen LogP contribution in [-0.2, 0) is 0 Å². The highest BCUT2D eigenvalue weighted by molar-refractivity contribution is 5.36. The zero-order valence-corrected chi connectivity index (χ0v) is 9.14. The molecular formula is C11H14F3NO. The van der Waals surface area contributed by atoms with E-state index in [-0.39, 0.29) is 0 Å². The van der Waals surface area contributed by atoms with Gasteiger partial charge < -0.3 is 10.5 Å².